The van der Waals surface area contributed by atoms with Gasteiger partial charge in [-0.3, -0.25) is 4.79 Å². The molecule has 1 amide bonds. The van der Waals surface area contributed by atoms with Gasteiger partial charge in [-0.2, -0.15) is 5.10 Å². The molecule has 5 nitrogen and oxygen atoms in total. The van der Waals surface area contributed by atoms with E-state index in [1.807, 2.05) is 0 Å². The minimum atomic E-state index is -2.77. The highest BCUT2D eigenvalue weighted by Gasteiger charge is 2.41. The van der Waals surface area contributed by atoms with E-state index in [0.717, 1.165) is 11.3 Å². The summed E-state index contributed by atoms with van der Waals surface area (Å²) in [6.07, 6.45) is 0.562. The molecule has 1 saturated heterocycles. The predicted octanol–water partition coefficient (Wildman–Crippen LogP) is 1.15. The summed E-state index contributed by atoms with van der Waals surface area (Å²) in [6.45, 7) is 0.851. The minimum Gasteiger partial charge on any atom is -0.478 e. The van der Waals surface area contributed by atoms with Crippen LogP contribution in [0.2, 0.25) is 0 Å². The monoisotopic (exact) mass is 257 g/mol. The summed E-state index contributed by atoms with van der Waals surface area (Å²) < 4.78 is 33.0. The first-order valence-electron chi connectivity index (χ1n) is 5.93. The van der Waals surface area contributed by atoms with Crippen LogP contribution in [0, 0.1) is 0 Å². The maximum absolute atomic E-state index is 13.1. The third-order valence-electron chi connectivity index (χ3n) is 3.18. The number of alkyl halides is 2. The number of hydrogen-bond donors (Lipinski definition) is 0. The number of rotatable bonds is 1. The van der Waals surface area contributed by atoms with E-state index in [4.69, 9.17) is 4.74 Å². The Morgan fingerprint density at radius 1 is 1.44 bits per heavy atom. The van der Waals surface area contributed by atoms with Crippen molar-refractivity contribution in [3.05, 3.63) is 11.8 Å². The number of likely N-dealkylation sites (tertiary alicyclic amines) is 1. The number of amides is 1. The van der Waals surface area contributed by atoms with Crippen LogP contribution in [-0.4, -0.2) is 46.2 Å². The molecule has 1 aromatic rings. The predicted molar refractivity (Wildman–Crippen MR) is 57.8 cm³/mol. The largest absolute Gasteiger partial charge is 0.478 e. The van der Waals surface area contributed by atoms with Crippen LogP contribution in [0.4, 0.5) is 8.78 Å². The molecule has 0 bridgehead atoms. The van der Waals surface area contributed by atoms with Crippen LogP contribution in [0.25, 0.3) is 0 Å². The highest BCUT2D eigenvalue weighted by atomic mass is 19.3. The van der Waals surface area contributed by atoms with Gasteiger partial charge in [0.25, 0.3) is 11.8 Å². The molecule has 1 aromatic heterocycles. The van der Waals surface area contributed by atoms with E-state index >= 15 is 0 Å². The SMILES string of the molecule is O=C(c1cc2n(n1)CCCO2)N1CCC(F)(F)C1. The summed E-state index contributed by atoms with van der Waals surface area (Å²) >= 11 is 0. The van der Waals surface area contributed by atoms with Crippen molar-refractivity contribution in [3.8, 4) is 5.88 Å². The molecule has 3 rings (SSSR count). The summed E-state index contributed by atoms with van der Waals surface area (Å²) in [5.41, 5.74) is 0.185. The fraction of sp³-hybridized carbons (Fsp3) is 0.636. The molecule has 0 unspecified atom stereocenters. The van der Waals surface area contributed by atoms with Crippen LogP contribution in [-0.2, 0) is 6.54 Å². The molecule has 18 heavy (non-hydrogen) atoms. The van der Waals surface area contributed by atoms with Gasteiger partial charge in [0.15, 0.2) is 5.69 Å². The third kappa shape index (κ3) is 1.93. The second-order valence-electron chi connectivity index (χ2n) is 4.63. The molecule has 1 fully saturated rings. The fourth-order valence-corrected chi connectivity index (χ4v) is 2.24. The van der Waals surface area contributed by atoms with E-state index in [1.54, 1.807) is 4.68 Å². The normalized spacial score (nSPS) is 21.6. The molecule has 0 atom stereocenters. The Morgan fingerprint density at radius 3 is 2.94 bits per heavy atom. The number of aromatic nitrogens is 2. The Morgan fingerprint density at radius 2 is 2.28 bits per heavy atom. The quantitative estimate of drug-likeness (QED) is 0.758. The smallest absolute Gasteiger partial charge is 0.274 e. The molecule has 0 spiro atoms. The summed E-state index contributed by atoms with van der Waals surface area (Å²) in [4.78, 5) is 13.2. The lowest BCUT2D eigenvalue weighted by atomic mass is 10.3. The lowest BCUT2D eigenvalue weighted by Gasteiger charge is -2.14. The van der Waals surface area contributed by atoms with Crippen molar-refractivity contribution in [2.45, 2.75) is 25.3 Å². The van der Waals surface area contributed by atoms with Crippen LogP contribution < -0.4 is 4.74 Å². The summed E-state index contributed by atoms with van der Waals surface area (Å²) in [7, 11) is 0. The molecule has 0 aliphatic carbocycles. The van der Waals surface area contributed by atoms with Gasteiger partial charge in [-0.15, -0.1) is 0 Å². The van der Waals surface area contributed by atoms with Gasteiger partial charge in [-0.05, 0) is 0 Å². The van der Waals surface area contributed by atoms with Crippen LogP contribution in [0.15, 0.2) is 6.07 Å². The first-order chi connectivity index (χ1) is 8.55. The fourth-order valence-electron chi connectivity index (χ4n) is 2.24. The van der Waals surface area contributed by atoms with Crippen molar-refractivity contribution in [1.29, 1.82) is 0 Å². The lowest BCUT2D eigenvalue weighted by Crippen LogP contribution is -2.31. The van der Waals surface area contributed by atoms with Gasteiger partial charge >= 0.3 is 0 Å². The zero-order valence-electron chi connectivity index (χ0n) is 9.73. The Balaban J connectivity index is 1.78. The first kappa shape index (κ1) is 11.4. The molecule has 0 saturated carbocycles. The summed E-state index contributed by atoms with van der Waals surface area (Å²) in [5.74, 6) is -2.68. The van der Waals surface area contributed by atoms with Crippen molar-refractivity contribution < 1.29 is 18.3 Å². The highest BCUT2D eigenvalue weighted by Crippen LogP contribution is 2.28. The Labute approximate surface area is 102 Å². The van der Waals surface area contributed by atoms with E-state index in [2.05, 4.69) is 5.10 Å². The average Bonchev–Trinajstić information content (AvgIpc) is 2.91. The van der Waals surface area contributed by atoms with E-state index in [9.17, 15) is 13.6 Å². The maximum atomic E-state index is 13.1. The molecule has 98 valence electrons. The Kier molecular flexibility index (Phi) is 2.49. The topological polar surface area (TPSA) is 47.4 Å². The number of hydrogen-bond acceptors (Lipinski definition) is 3. The van der Waals surface area contributed by atoms with Gasteiger partial charge in [0.2, 0.25) is 5.88 Å². The lowest BCUT2D eigenvalue weighted by molar-refractivity contribution is 0.0119. The molecule has 0 aromatic carbocycles. The molecular formula is C11H13F2N3O2. The van der Waals surface area contributed by atoms with Gasteiger partial charge in [0.05, 0.1) is 13.2 Å². The van der Waals surface area contributed by atoms with E-state index in [-0.39, 0.29) is 18.7 Å². The van der Waals surface area contributed by atoms with Gasteiger partial charge in [-0.1, -0.05) is 0 Å². The number of carbonyl (C=O) groups excluding carboxylic acids is 1. The molecule has 2 aliphatic heterocycles. The van der Waals surface area contributed by atoms with Crippen molar-refractivity contribution in [1.82, 2.24) is 14.7 Å². The number of nitrogens with zero attached hydrogens (tertiary/aromatic N) is 3. The molecule has 7 heteroatoms. The zero-order valence-corrected chi connectivity index (χ0v) is 9.73. The Hall–Kier alpha value is -1.66. The molecule has 3 heterocycles. The van der Waals surface area contributed by atoms with Crippen molar-refractivity contribution in [3.63, 3.8) is 0 Å². The van der Waals surface area contributed by atoms with Crippen LogP contribution in [0.5, 0.6) is 5.88 Å². The van der Waals surface area contributed by atoms with E-state index in [0.29, 0.717) is 19.0 Å². The van der Waals surface area contributed by atoms with Gasteiger partial charge < -0.3 is 9.64 Å². The molecule has 0 radical (unpaired) electrons. The van der Waals surface area contributed by atoms with Crippen molar-refractivity contribution in [2.24, 2.45) is 0 Å². The van der Waals surface area contributed by atoms with Crippen molar-refractivity contribution >= 4 is 5.91 Å². The van der Waals surface area contributed by atoms with Gasteiger partial charge in [0.1, 0.15) is 0 Å². The zero-order chi connectivity index (χ0) is 12.8. The number of carbonyl (C=O) groups is 1. The number of halogens is 2. The molecular weight excluding hydrogens is 244 g/mol. The summed E-state index contributed by atoms with van der Waals surface area (Å²) in [5, 5.41) is 4.10. The Bertz CT molecular complexity index is 463. The minimum absolute atomic E-state index is 0.0783. The van der Waals surface area contributed by atoms with Crippen LogP contribution in [0.3, 0.4) is 0 Å². The van der Waals surface area contributed by atoms with E-state index in [1.165, 1.54) is 6.07 Å². The molecule has 2 aliphatic rings. The highest BCUT2D eigenvalue weighted by molar-refractivity contribution is 5.92. The second kappa shape index (κ2) is 3.93. The second-order valence-corrected chi connectivity index (χ2v) is 4.63. The van der Waals surface area contributed by atoms with Gasteiger partial charge in [0, 0.05) is 32.0 Å². The number of ether oxygens (including phenoxy) is 1. The standard InChI is InChI=1S/C11H13F2N3O2/c12-11(13)2-4-15(7-11)10(17)8-6-9-16(14-8)3-1-5-18-9/h6H,1-5,7H2. The van der Waals surface area contributed by atoms with Crippen LogP contribution in [0.1, 0.15) is 23.3 Å². The first-order valence-corrected chi connectivity index (χ1v) is 5.93. The number of fused-ring (bicyclic) bond motifs is 1. The van der Waals surface area contributed by atoms with Crippen molar-refractivity contribution in [2.75, 3.05) is 19.7 Å². The molecule has 0 N–H and O–H groups in total. The van der Waals surface area contributed by atoms with Gasteiger partial charge in [-0.25, -0.2) is 13.5 Å². The van der Waals surface area contributed by atoms with E-state index < -0.39 is 18.4 Å². The average molecular weight is 257 g/mol. The third-order valence-corrected chi connectivity index (χ3v) is 3.18. The summed E-state index contributed by atoms with van der Waals surface area (Å²) in [6, 6.07) is 1.53. The van der Waals surface area contributed by atoms with Crippen LogP contribution >= 0.6 is 0 Å². The number of aryl methyl sites for hydroxylation is 1. The maximum Gasteiger partial charge on any atom is 0.274 e.